The van der Waals surface area contributed by atoms with E-state index in [0.717, 1.165) is 5.56 Å². The molecular formula is C21H21F6NO3. The van der Waals surface area contributed by atoms with Crippen molar-refractivity contribution in [2.24, 2.45) is 0 Å². The Bertz CT molecular complexity index is 835. The van der Waals surface area contributed by atoms with Crippen LogP contribution in [0.25, 0.3) is 0 Å². The lowest BCUT2D eigenvalue weighted by Crippen LogP contribution is -2.15. The number of alkyl halides is 6. The molecule has 2 aromatic carbocycles. The van der Waals surface area contributed by atoms with Crippen LogP contribution in [0.2, 0.25) is 0 Å². The van der Waals surface area contributed by atoms with Crippen molar-refractivity contribution in [1.29, 1.82) is 0 Å². The Labute approximate surface area is 175 Å². The Morgan fingerprint density at radius 1 is 0.935 bits per heavy atom. The summed E-state index contributed by atoms with van der Waals surface area (Å²) >= 11 is 0. The Morgan fingerprint density at radius 3 is 1.97 bits per heavy atom. The van der Waals surface area contributed by atoms with Crippen molar-refractivity contribution >= 4 is 0 Å². The first-order chi connectivity index (χ1) is 14.4. The highest BCUT2D eigenvalue weighted by atomic mass is 19.4. The third-order valence-electron chi connectivity index (χ3n) is 4.79. The van der Waals surface area contributed by atoms with Crippen LogP contribution in [-0.4, -0.2) is 18.1 Å². The topological polar surface area (TPSA) is 52.4 Å². The predicted octanol–water partition coefficient (Wildman–Crippen LogP) is 6.64. The van der Waals surface area contributed by atoms with Crippen LogP contribution in [0.3, 0.4) is 0 Å². The van der Waals surface area contributed by atoms with Crippen LogP contribution >= 0.6 is 0 Å². The lowest BCUT2D eigenvalue weighted by Gasteiger charge is -2.22. The zero-order valence-electron chi connectivity index (χ0n) is 16.5. The molecule has 0 spiro atoms. The fourth-order valence-corrected chi connectivity index (χ4v) is 3.11. The van der Waals surface area contributed by atoms with Crippen LogP contribution in [-0.2, 0) is 17.1 Å². The van der Waals surface area contributed by atoms with Gasteiger partial charge in [0.05, 0.1) is 23.8 Å². The second-order valence-corrected chi connectivity index (χ2v) is 7.12. The largest absolute Gasteiger partial charge is 0.416 e. The summed E-state index contributed by atoms with van der Waals surface area (Å²) in [6.07, 6.45) is -10.3. The summed E-state index contributed by atoms with van der Waals surface area (Å²) in [5.41, 5.74) is -2.24. The zero-order chi connectivity index (χ0) is 23.2. The molecule has 0 amide bonds. The van der Waals surface area contributed by atoms with E-state index in [2.05, 4.69) is 0 Å². The first-order valence-electron chi connectivity index (χ1n) is 9.45. The quantitative estimate of drug-likeness (QED) is 0.245. The van der Waals surface area contributed by atoms with E-state index in [9.17, 15) is 36.5 Å². The van der Waals surface area contributed by atoms with Gasteiger partial charge in [0.1, 0.15) is 0 Å². The summed E-state index contributed by atoms with van der Waals surface area (Å²) < 4.78 is 84.1. The molecule has 0 N–H and O–H groups in total. The normalized spacial score (nSPS) is 14.3. The molecule has 0 radical (unpaired) electrons. The van der Waals surface area contributed by atoms with Crippen LogP contribution in [0.4, 0.5) is 26.3 Å². The predicted molar refractivity (Wildman–Crippen MR) is 101 cm³/mol. The van der Waals surface area contributed by atoms with Gasteiger partial charge in [-0.2, -0.15) is 26.3 Å². The average molecular weight is 449 g/mol. The van der Waals surface area contributed by atoms with E-state index in [0.29, 0.717) is 18.6 Å². The summed E-state index contributed by atoms with van der Waals surface area (Å²) in [5, 5.41) is 10.6. The molecule has 170 valence electrons. The van der Waals surface area contributed by atoms with Crippen molar-refractivity contribution in [3.63, 3.8) is 0 Å². The number of benzene rings is 2. The van der Waals surface area contributed by atoms with E-state index in [1.807, 2.05) is 0 Å². The van der Waals surface area contributed by atoms with E-state index in [-0.39, 0.29) is 37.1 Å². The van der Waals surface area contributed by atoms with Gasteiger partial charge in [0, 0.05) is 17.3 Å². The van der Waals surface area contributed by atoms with Gasteiger partial charge in [0.25, 0.3) is 0 Å². The van der Waals surface area contributed by atoms with Gasteiger partial charge in [-0.25, -0.2) is 0 Å². The number of ether oxygens (including phenoxy) is 1. The molecule has 0 unspecified atom stereocenters. The van der Waals surface area contributed by atoms with Crippen molar-refractivity contribution in [2.75, 3.05) is 13.2 Å². The molecule has 2 rings (SSSR count). The number of halogens is 6. The van der Waals surface area contributed by atoms with Gasteiger partial charge in [0.2, 0.25) is 6.54 Å². The van der Waals surface area contributed by atoms with E-state index in [4.69, 9.17) is 4.74 Å². The maximum absolute atomic E-state index is 13.1. The standard InChI is InChI=1S/C21H21F6NO3/c1-14(17-10-18(20(22,23)24)12-19(11-17)21(25,26)27)31-13-16(8-5-9-28(29)30)15-6-3-2-4-7-15/h2-4,6-7,10-12,14,16H,5,8-9,13H2,1H3/t14-,16+/m1/s1. The minimum Gasteiger partial charge on any atom is -0.373 e. The fraction of sp³-hybridized carbons (Fsp3) is 0.429. The second-order valence-electron chi connectivity index (χ2n) is 7.12. The van der Waals surface area contributed by atoms with Crippen LogP contribution in [0.5, 0.6) is 0 Å². The molecule has 0 saturated heterocycles. The zero-order valence-corrected chi connectivity index (χ0v) is 16.5. The molecule has 0 aliphatic carbocycles. The molecular weight excluding hydrogens is 428 g/mol. The van der Waals surface area contributed by atoms with E-state index in [1.165, 1.54) is 6.92 Å². The Kier molecular flexibility index (Phi) is 8.05. The second kappa shape index (κ2) is 10.1. The maximum atomic E-state index is 13.1. The lowest BCUT2D eigenvalue weighted by molar-refractivity contribution is -0.480. The van der Waals surface area contributed by atoms with Crippen molar-refractivity contribution in [3.8, 4) is 0 Å². The number of hydrogen-bond donors (Lipinski definition) is 0. The van der Waals surface area contributed by atoms with E-state index in [1.54, 1.807) is 30.3 Å². The van der Waals surface area contributed by atoms with Crippen molar-refractivity contribution < 1.29 is 36.0 Å². The molecule has 0 aromatic heterocycles. The minimum absolute atomic E-state index is 0.0134. The summed E-state index contributed by atoms with van der Waals surface area (Å²) in [5.74, 6) is -0.295. The van der Waals surface area contributed by atoms with Gasteiger partial charge in [0.15, 0.2) is 0 Å². The summed E-state index contributed by atoms with van der Waals surface area (Å²) in [4.78, 5) is 10.1. The molecule has 10 heteroatoms. The number of hydrogen-bond acceptors (Lipinski definition) is 3. The number of nitrogens with zero attached hydrogens (tertiary/aromatic N) is 1. The molecule has 0 saturated carbocycles. The first-order valence-corrected chi connectivity index (χ1v) is 9.45. The molecule has 0 bridgehead atoms. The molecule has 2 aromatic rings. The SMILES string of the molecule is C[C@@H](OC[C@H](CCC[N+](=O)[O-])c1ccccc1)c1cc(C(F)(F)F)cc(C(F)(F)F)c1. The average Bonchev–Trinajstić information content (AvgIpc) is 2.69. The molecule has 31 heavy (non-hydrogen) atoms. The van der Waals surface area contributed by atoms with Gasteiger partial charge in [-0.05, 0) is 42.7 Å². The van der Waals surface area contributed by atoms with Gasteiger partial charge >= 0.3 is 12.4 Å². The van der Waals surface area contributed by atoms with Crippen molar-refractivity contribution in [2.45, 2.75) is 44.1 Å². The third kappa shape index (κ3) is 7.54. The minimum atomic E-state index is -4.94. The smallest absolute Gasteiger partial charge is 0.373 e. The number of rotatable bonds is 9. The Hall–Kier alpha value is -2.62. The Morgan fingerprint density at radius 2 is 1.48 bits per heavy atom. The third-order valence-corrected chi connectivity index (χ3v) is 4.79. The molecule has 0 aliphatic rings. The maximum Gasteiger partial charge on any atom is 0.416 e. The molecule has 0 heterocycles. The van der Waals surface area contributed by atoms with Crippen LogP contribution in [0.15, 0.2) is 48.5 Å². The van der Waals surface area contributed by atoms with Gasteiger partial charge in [-0.1, -0.05) is 30.3 Å². The molecule has 0 fully saturated rings. The molecule has 2 atom stereocenters. The van der Waals surface area contributed by atoms with Crippen LogP contribution in [0, 0.1) is 10.1 Å². The van der Waals surface area contributed by atoms with Crippen molar-refractivity contribution in [1.82, 2.24) is 0 Å². The van der Waals surface area contributed by atoms with Crippen molar-refractivity contribution in [3.05, 3.63) is 80.9 Å². The highest BCUT2D eigenvalue weighted by Gasteiger charge is 2.37. The van der Waals surface area contributed by atoms with E-state index >= 15 is 0 Å². The summed E-state index contributed by atoms with van der Waals surface area (Å²) in [7, 11) is 0. The molecule has 4 nitrogen and oxygen atoms in total. The number of nitro groups is 1. The summed E-state index contributed by atoms with van der Waals surface area (Å²) in [6.45, 7) is 1.11. The fourth-order valence-electron chi connectivity index (χ4n) is 3.11. The van der Waals surface area contributed by atoms with Gasteiger partial charge < -0.3 is 4.74 Å². The highest BCUT2D eigenvalue weighted by molar-refractivity contribution is 5.34. The highest BCUT2D eigenvalue weighted by Crippen LogP contribution is 2.38. The monoisotopic (exact) mass is 449 g/mol. The lowest BCUT2D eigenvalue weighted by atomic mass is 9.95. The van der Waals surface area contributed by atoms with Crippen LogP contribution < -0.4 is 0 Å². The van der Waals surface area contributed by atoms with Crippen LogP contribution in [0.1, 0.15) is 54.0 Å². The first kappa shape index (κ1) is 24.6. The Balaban J connectivity index is 2.21. The van der Waals surface area contributed by atoms with E-state index < -0.39 is 34.5 Å². The molecule has 0 aliphatic heterocycles. The summed E-state index contributed by atoms with van der Waals surface area (Å²) in [6, 6.07) is 10.2. The van der Waals surface area contributed by atoms with Gasteiger partial charge in [-0.3, -0.25) is 10.1 Å². The van der Waals surface area contributed by atoms with Gasteiger partial charge in [-0.15, -0.1) is 0 Å².